The number of nitrogens with zero attached hydrogens (tertiary/aromatic N) is 1. The first-order valence-electron chi connectivity index (χ1n) is 10.3. The average Bonchev–Trinajstić information content (AvgIpc) is 2.91. The number of amides is 3. The summed E-state index contributed by atoms with van der Waals surface area (Å²) in [5.41, 5.74) is 2.55. The molecule has 0 fully saturated rings. The van der Waals surface area contributed by atoms with E-state index in [0.717, 1.165) is 29.1 Å². The zero-order chi connectivity index (χ0) is 22.9. The fourth-order valence-corrected chi connectivity index (χ4v) is 5.20. The van der Waals surface area contributed by atoms with Crippen LogP contribution < -0.4 is 16.0 Å². The first-order valence-corrected chi connectivity index (χ1v) is 11.8. The van der Waals surface area contributed by atoms with Gasteiger partial charge in [-0.1, -0.05) is 24.3 Å². The van der Waals surface area contributed by atoms with E-state index < -0.39 is 27.7 Å². The van der Waals surface area contributed by atoms with E-state index in [2.05, 4.69) is 16.0 Å². The van der Waals surface area contributed by atoms with E-state index in [1.807, 2.05) is 24.3 Å². The van der Waals surface area contributed by atoms with Crippen molar-refractivity contribution in [3.05, 3.63) is 59.2 Å². The Balaban J connectivity index is 1.49. The first kappa shape index (κ1) is 22.0. The third-order valence-electron chi connectivity index (χ3n) is 5.70. The van der Waals surface area contributed by atoms with Crippen LogP contribution >= 0.6 is 0 Å². The number of hydrogen-bond donors (Lipinski definition) is 3. The summed E-state index contributed by atoms with van der Waals surface area (Å²) in [4.78, 5) is 36.4. The van der Waals surface area contributed by atoms with E-state index in [0.29, 0.717) is 0 Å². The highest BCUT2D eigenvalue weighted by atomic mass is 32.2. The number of carbonyl (C=O) groups is 3. The van der Waals surface area contributed by atoms with Gasteiger partial charge in [0.1, 0.15) is 0 Å². The standard InChI is InChI=1S/C22H24N4O5S/c1-26(13-21(28)25-18-8-4-6-14-5-2-3-7-16(14)18)32(30,31)15-9-10-19-17(11-15)22(29)23-12-20(27)24-19/h2-3,5,7,9-11,18H,4,6,8,12-13H2,1H3,(H,23,29)(H,24,27)(H,25,28). The Kier molecular flexibility index (Phi) is 5.98. The number of nitrogens with one attached hydrogen (secondary N) is 3. The largest absolute Gasteiger partial charge is 0.348 e. The minimum absolute atomic E-state index is 0.0496. The van der Waals surface area contributed by atoms with Crippen LogP contribution in [0.1, 0.15) is 40.4 Å². The van der Waals surface area contributed by atoms with Crippen LogP contribution in [0.25, 0.3) is 0 Å². The maximum atomic E-state index is 13.0. The van der Waals surface area contributed by atoms with Gasteiger partial charge in [0, 0.05) is 7.05 Å². The van der Waals surface area contributed by atoms with Crippen LogP contribution in [0.5, 0.6) is 0 Å². The Bertz CT molecular complexity index is 1190. The highest BCUT2D eigenvalue weighted by Gasteiger charge is 2.28. The fraction of sp³-hybridized carbons (Fsp3) is 0.318. The third-order valence-corrected chi connectivity index (χ3v) is 7.50. The maximum Gasteiger partial charge on any atom is 0.253 e. The molecule has 0 spiro atoms. The van der Waals surface area contributed by atoms with Gasteiger partial charge in [-0.3, -0.25) is 14.4 Å². The summed E-state index contributed by atoms with van der Waals surface area (Å²) in [7, 11) is -2.72. The monoisotopic (exact) mass is 456 g/mol. The number of fused-ring (bicyclic) bond motifs is 2. The molecule has 10 heteroatoms. The zero-order valence-corrected chi connectivity index (χ0v) is 18.4. The molecule has 2 aromatic rings. The minimum atomic E-state index is -4.04. The van der Waals surface area contributed by atoms with Gasteiger partial charge in [-0.05, 0) is 48.6 Å². The van der Waals surface area contributed by atoms with Crippen molar-refractivity contribution < 1.29 is 22.8 Å². The van der Waals surface area contributed by atoms with E-state index in [-0.39, 0.29) is 35.3 Å². The molecular weight excluding hydrogens is 432 g/mol. The van der Waals surface area contributed by atoms with Gasteiger partial charge in [-0.15, -0.1) is 0 Å². The molecule has 0 saturated carbocycles. The van der Waals surface area contributed by atoms with Gasteiger partial charge in [0.05, 0.1) is 35.3 Å². The lowest BCUT2D eigenvalue weighted by Gasteiger charge is -2.27. The second-order valence-electron chi connectivity index (χ2n) is 7.91. The summed E-state index contributed by atoms with van der Waals surface area (Å²) in [5.74, 6) is -1.35. The number of carbonyl (C=O) groups excluding carboxylic acids is 3. The number of benzene rings is 2. The van der Waals surface area contributed by atoms with Gasteiger partial charge >= 0.3 is 0 Å². The molecule has 1 atom stereocenters. The molecule has 2 aliphatic rings. The molecule has 4 rings (SSSR count). The molecule has 0 radical (unpaired) electrons. The normalized spacial score (nSPS) is 18.1. The lowest BCUT2D eigenvalue weighted by atomic mass is 9.88. The summed E-state index contributed by atoms with van der Waals surface area (Å²) in [5, 5.41) is 7.92. The maximum absolute atomic E-state index is 13.0. The summed E-state index contributed by atoms with van der Waals surface area (Å²) in [6.07, 6.45) is 2.71. The first-order chi connectivity index (χ1) is 15.3. The van der Waals surface area contributed by atoms with Crippen molar-refractivity contribution in [3.8, 4) is 0 Å². The predicted molar refractivity (Wildman–Crippen MR) is 117 cm³/mol. The van der Waals surface area contributed by atoms with Gasteiger partial charge in [-0.25, -0.2) is 8.42 Å². The number of anilines is 1. The molecule has 0 aromatic heterocycles. The van der Waals surface area contributed by atoms with Crippen LogP contribution in [-0.4, -0.2) is 50.6 Å². The summed E-state index contributed by atoms with van der Waals surface area (Å²) in [6.45, 7) is -0.555. The molecule has 32 heavy (non-hydrogen) atoms. The van der Waals surface area contributed by atoms with Gasteiger partial charge in [0.25, 0.3) is 5.91 Å². The number of likely N-dealkylation sites (N-methyl/N-ethyl adjacent to an activating group) is 1. The summed E-state index contributed by atoms with van der Waals surface area (Å²) < 4.78 is 27.0. The zero-order valence-electron chi connectivity index (χ0n) is 17.6. The molecule has 0 bridgehead atoms. The van der Waals surface area contributed by atoms with Crippen LogP contribution in [0.15, 0.2) is 47.4 Å². The quantitative estimate of drug-likeness (QED) is 0.623. The second kappa shape index (κ2) is 8.71. The lowest BCUT2D eigenvalue weighted by Crippen LogP contribution is -2.40. The van der Waals surface area contributed by atoms with Crippen molar-refractivity contribution in [1.29, 1.82) is 0 Å². The van der Waals surface area contributed by atoms with Gasteiger partial charge in [0.15, 0.2) is 0 Å². The van der Waals surface area contributed by atoms with E-state index >= 15 is 0 Å². The van der Waals surface area contributed by atoms with Gasteiger partial charge in [0.2, 0.25) is 21.8 Å². The Morgan fingerprint density at radius 3 is 2.78 bits per heavy atom. The molecule has 1 aliphatic heterocycles. The molecule has 1 heterocycles. The van der Waals surface area contributed by atoms with Gasteiger partial charge < -0.3 is 16.0 Å². The van der Waals surface area contributed by atoms with Crippen molar-refractivity contribution in [2.24, 2.45) is 0 Å². The second-order valence-corrected chi connectivity index (χ2v) is 9.96. The number of sulfonamides is 1. The van der Waals surface area contributed by atoms with Crippen LogP contribution in [0.3, 0.4) is 0 Å². The van der Waals surface area contributed by atoms with Crippen molar-refractivity contribution in [3.63, 3.8) is 0 Å². The van der Waals surface area contributed by atoms with Crippen molar-refractivity contribution >= 4 is 33.4 Å². The van der Waals surface area contributed by atoms with Crippen LogP contribution in [0.2, 0.25) is 0 Å². The minimum Gasteiger partial charge on any atom is -0.348 e. The van der Waals surface area contributed by atoms with E-state index in [1.54, 1.807) is 0 Å². The average molecular weight is 457 g/mol. The molecule has 0 saturated heterocycles. The van der Waals surface area contributed by atoms with Gasteiger partial charge in [-0.2, -0.15) is 4.31 Å². The highest BCUT2D eigenvalue weighted by molar-refractivity contribution is 7.89. The lowest BCUT2D eigenvalue weighted by molar-refractivity contribution is -0.122. The van der Waals surface area contributed by atoms with Crippen LogP contribution in [0, 0.1) is 0 Å². The summed E-state index contributed by atoms with van der Waals surface area (Å²) in [6, 6.07) is 11.7. The van der Waals surface area contributed by atoms with Crippen molar-refractivity contribution in [1.82, 2.24) is 14.9 Å². The molecule has 1 aliphatic carbocycles. The van der Waals surface area contributed by atoms with Crippen molar-refractivity contribution in [2.45, 2.75) is 30.2 Å². The topological polar surface area (TPSA) is 125 Å². The Labute approximate surface area is 186 Å². The van der Waals surface area contributed by atoms with E-state index in [4.69, 9.17) is 0 Å². The molecular formula is C22H24N4O5S. The Morgan fingerprint density at radius 2 is 1.97 bits per heavy atom. The molecule has 2 aromatic carbocycles. The summed E-state index contributed by atoms with van der Waals surface area (Å²) >= 11 is 0. The SMILES string of the molecule is CN(CC(=O)NC1CCCc2ccccc21)S(=O)(=O)c1ccc2c(c1)C(=O)NCC(=O)N2. The van der Waals surface area contributed by atoms with E-state index in [9.17, 15) is 22.8 Å². The highest BCUT2D eigenvalue weighted by Crippen LogP contribution is 2.29. The Morgan fingerprint density at radius 1 is 1.19 bits per heavy atom. The molecule has 168 valence electrons. The number of aryl methyl sites for hydroxylation is 1. The molecule has 3 amide bonds. The smallest absolute Gasteiger partial charge is 0.253 e. The van der Waals surface area contributed by atoms with Crippen LogP contribution in [-0.2, 0) is 26.0 Å². The molecule has 1 unspecified atom stereocenters. The molecule has 3 N–H and O–H groups in total. The van der Waals surface area contributed by atoms with Crippen molar-refractivity contribution in [2.75, 3.05) is 25.5 Å². The Hall–Kier alpha value is -3.24. The third kappa shape index (κ3) is 4.37. The van der Waals surface area contributed by atoms with Crippen LogP contribution in [0.4, 0.5) is 5.69 Å². The molecule has 9 nitrogen and oxygen atoms in total. The fourth-order valence-electron chi connectivity index (χ4n) is 4.04. The predicted octanol–water partition coefficient (Wildman–Crippen LogP) is 1.18. The van der Waals surface area contributed by atoms with E-state index in [1.165, 1.54) is 30.8 Å². The number of hydrogen-bond acceptors (Lipinski definition) is 5. The number of rotatable bonds is 5.